The first-order chi connectivity index (χ1) is 28.1. The topological polar surface area (TPSA) is 172 Å². The number of aliphatic carboxylic acids is 1. The van der Waals surface area contributed by atoms with Gasteiger partial charge in [0.05, 0.1) is 13.2 Å². The zero-order valence-electron chi connectivity index (χ0n) is 36.1. The second-order valence-corrected chi connectivity index (χ2v) is 16.3. The van der Waals surface area contributed by atoms with E-state index in [1.54, 1.807) is 0 Å². The largest absolute Gasteiger partial charge is 0.480 e. The summed E-state index contributed by atoms with van der Waals surface area (Å²) >= 11 is 0. The van der Waals surface area contributed by atoms with Crippen LogP contribution in [0, 0.1) is 0 Å². The van der Waals surface area contributed by atoms with E-state index in [0.717, 1.165) is 77.0 Å². The third kappa shape index (κ3) is 40.0. The molecule has 0 aliphatic carbocycles. The Kier molecular flexibility index (Phi) is 38.9. The zero-order valence-corrected chi connectivity index (χ0v) is 37.0. The molecule has 11 nitrogen and oxygen atoms in total. The minimum Gasteiger partial charge on any atom is -0.480 e. The fourth-order valence-corrected chi connectivity index (χ4v) is 6.47. The van der Waals surface area contributed by atoms with Gasteiger partial charge in [-0.25, -0.2) is 4.57 Å². The van der Waals surface area contributed by atoms with Gasteiger partial charge in [0.1, 0.15) is 12.6 Å². The molecule has 3 atom stereocenters. The second-order valence-electron chi connectivity index (χ2n) is 14.8. The standard InChI is InChI=1S/C46H80NO10P/c1-3-5-7-9-11-13-15-17-19-20-21-22-24-25-27-29-31-33-35-37-44(48)54-39-42(40-55-58(52,53)56-41-43(47)46(50)51)57-45(49)38-36-34-32-30-28-26-23-18-16-14-12-10-8-6-4-2/h11,13,17-19,21-23,25,27,42-43H,3-10,12,14-16,20,24,26,28-41,47H2,1-2H3,(H,50,51)(H,52,53)/b13-11+,19-17+,22-21+,23-18+,27-25+/t42-,43+/m1/s1. The van der Waals surface area contributed by atoms with Crippen LogP contribution in [0.4, 0.5) is 0 Å². The number of carboxylic acids is 1. The number of hydrogen-bond acceptors (Lipinski definition) is 9. The molecular weight excluding hydrogens is 757 g/mol. The van der Waals surface area contributed by atoms with Gasteiger partial charge < -0.3 is 25.2 Å². The van der Waals surface area contributed by atoms with Gasteiger partial charge in [-0.3, -0.25) is 23.4 Å². The number of hydrogen-bond donors (Lipinski definition) is 3. The fourth-order valence-electron chi connectivity index (χ4n) is 5.69. The third-order valence-corrected chi connectivity index (χ3v) is 10.2. The molecule has 0 aromatic heterocycles. The number of nitrogens with two attached hydrogens (primary N) is 1. The van der Waals surface area contributed by atoms with Gasteiger partial charge in [-0.15, -0.1) is 0 Å². The number of carbonyl (C=O) groups excluding carboxylic acids is 2. The maximum Gasteiger partial charge on any atom is 0.472 e. The molecule has 334 valence electrons. The average molecular weight is 838 g/mol. The second kappa shape index (κ2) is 40.9. The normalized spacial score (nSPS) is 14.3. The molecule has 0 aliphatic heterocycles. The van der Waals surface area contributed by atoms with Crippen molar-refractivity contribution in [2.75, 3.05) is 19.8 Å². The zero-order chi connectivity index (χ0) is 42.8. The Morgan fingerprint density at radius 2 is 0.914 bits per heavy atom. The number of unbranched alkanes of at least 4 members (excludes halogenated alkanes) is 17. The molecule has 4 N–H and O–H groups in total. The average Bonchev–Trinajstić information content (AvgIpc) is 3.20. The van der Waals surface area contributed by atoms with E-state index in [1.165, 1.54) is 64.2 Å². The SMILES string of the molecule is CCCCC/C=C/C/C=C/C/C=C/C/C=C/CCCCCC(=O)OC[C@H](COP(=O)(O)OC[C@H](N)C(=O)O)OC(=O)CCCCCCC/C=C/CCCCCCCC. The van der Waals surface area contributed by atoms with Crippen LogP contribution in [0.5, 0.6) is 0 Å². The lowest BCUT2D eigenvalue weighted by atomic mass is 10.1. The first-order valence-electron chi connectivity index (χ1n) is 22.3. The first kappa shape index (κ1) is 55.2. The van der Waals surface area contributed by atoms with E-state index < -0.39 is 51.1 Å². The summed E-state index contributed by atoms with van der Waals surface area (Å²) in [6.07, 6.45) is 47.1. The van der Waals surface area contributed by atoms with Crippen molar-refractivity contribution in [1.29, 1.82) is 0 Å². The van der Waals surface area contributed by atoms with Gasteiger partial charge in [-0.2, -0.15) is 0 Å². The van der Waals surface area contributed by atoms with Crippen molar-refractivity contribution in [3.8, 4) is 0 Å². The molecule has 12 heteroatoms. The van der Waals surface area contributed by atoms with Crippen molar-refractivity contribution in [2.45, 2.75) is 193 Å². The van der Waals surface area contributed by atoms with E-state index in [-0.39, 0.29) is 19.4 Å². The summed E-state index contributed by atoms with van der Waals surface area (Å²) < 4.78 is 32.7. The van der Waals surface area contributed by atoms with Crippen LogP contribution in [-0.2, 0) is 37.5 Å². The van der Waals surface area contributed by atoms with Crippen molar-refractivity contribution < 1.29 is 47.5 Å². The van der Waals surface area contributed by atoms with Crippen molar-refractivity contribution in [3.05, 3.63) is 60.8 Å². The van der Waals surface area contributed by atoms with Crippen LogP contribution in [-0.4, -0.2) is 59.9 Å². The molecule has 0 amide bonds. The molecule has 0 heterocycles. The summed E-state index contributed by atoms with van der Waals surface area (Å²) in [5.41, 5.74) is 5.33. The minimum atomic E-state index is -4.73. The Balaban J connectivity index is 4.43. The molecule has 0 radical (unpaired) electrons. The number of carboxylic acid groups (broad SMARTS) is 1. The monoisotopic (exact) mass is 838 g/mol. The van der Waals surface area contributed by atoms with Crippen LogP contribution >= 0.6 is 7.82 Å². The van der Waals surface area contributed by atoms with Crippen LogP contribution in [0.3, 0.4) is 0 Å². The maximum absolute atomic E-state index is 12.6. The lowest BCUT2D eigenvalue weighted by Gasteiger charge is -2.20. The summed E-state index contributed by atoms with van der Waals surface area (Å²) in [5, 5.41) is 8.89. The molecule has 0 saturated carbocycles. The molecule has 0 spiro atoms. The van der Waals surface area contributed by atoms with Crippen molar-refractivity contribution in [2.24, 2.45) is 5.73 Å². The summed E-state index contributed by atoms with van der Waals surface area (Å²) in [6, 6.07) is -1.53. The Labute approximate surface area is 351 Å². The minimum absolute atomic E-state index is 0.142. The summed E-state index contributed by atoms with van der Waals surface area (Å²) in [4.78, 5) is 46.0. The van der Waals surface area contributed by atoms with E-state index in [4.69, 9.17) is 24.8 Å². The van der Waals surface area contributed by atoms with E-state index in [1.807, 2.05) is 0 Å². The number of esters is 2. The van der Waals surface area contributed by atoms with Crippen LogP contribution in [0.1, 0.15) is 181 Å². The van der Waals surface area contributed by atoms with Crippen molar-refractivity contribution in [1.82, 2.24) is 0 Å². The van der Waals surface area contributed by atoms with Crippen LogP contribution in [0.2, 0.25) is 0 Å². The number of ether oxygens (including phenoxy) is 2. The summed E-state index contributed by atoms with van der Waals surface area (Å²) in [6.45, 7) is 2.72. The molecule has 0 rings (SSSR count). The van der Waals surface area contributed by atoms with Gasteiger partial charge in [0.25, 0.3) is 0 Å². The van der Waals surface area contributed by atoms with Crippen molar-refractivity contribution in [3.63, 3.8) is 0 Å². The predicted molar refractivity (Wildman–Crippen MR) is 235 cm³/mol. The van der Waals surface area contributed by atoms with E-state index in [0.29, 0.717) is 12.8 Å². The van der Waals surface area contributed by atoms with Crippen LogP contribution in [0.15, 0.2) is 60.8 Å². The van der Waals surface area contributed by atoms with Gasteiger partial charge in [0.2, 0.25) is 0 Å². The Morgan fingerprint density at radius 3 is 1.43 bits per heavy atom. The molecule has 0 fully saturated rings. The number of allylic oxidation sites excluding steroid dienone is 10. The molecule has 0 aromatic rings. The maximum atomic E-state index is 12.6. The molecule has 0 bridgehead atoms. The summed E-state index contributed by atoms with van der Waals surface area (Å²) in [7, 11) is -4.73. The molecular formula is C46H80NO10P. The molecule has 0 saturated heterocycles. The highest BCUT2D eigenvalue weighted by atomic mass is 31.2. The summed E-state index contributed by atoms with van der Waals surface area (Å²) in [5.74, 6) is -2.43. The van der Waals surface area contributed by atoms with Crippen LogP contribution < -0.4 is 5.73 Å². The lowest BCUT2D eigenvalue weighted by Crippen LogP contribution is -2.34. The quantitative estimate of drug-likeness (QED) is 0.0231. The molecule has 0 aromatic carbocycles. The highest BCUT2D eigenvalue weighted by Gasteiger charge is 2.28. The highest BCUT2D eigenvalue weighted by Crippen LogP contribution is 2.43. The number of rotatable bonds is 41. The van der Waals surface area contributed by atoms with Gasteiger partial charge >= 0.3 is 25.7 Å². The van der Waals surface area contributed by atoms with E-state index in [9.17, 15) is 23.8 Å². The smallest absolute Gasteiger partial charge is 0.472 e. The number of phosphoric acid groups is 1. The van der Waals surface area contributed by atoms with E-state index >= 15 is 0 Å². The number of phosphoric ester groups is 1. The molecule has 0 aliphatic rings. The highest BCUT2D eigenvalue weighted by molar-refractivity contribution is 7.47. The Hall–Kier alpha value is -2.82. The fraction of sp³-hybridized carbons (Fsp3) is 0.717. The first-order valence-corrected chi connectivity index (χ1v) is 23.8. The van der Waals surface area contributed by atoms with Gasteiger partial charge in [-0.05, 0) is 83.5 Å². The predicted octanol–water partition coefficient (Wildman–Crippen LogP) is 12.0. The van der Waals surface area contributed by atoms with Gasteiger partial charge in [-0.1, -0.05) is 145 Å². The number of carbonyl (C=O) groups is 3. The Morgan fingerprint density at radius 1 is 0.534 bits per heavy atom. The molecule has 1 unspecified atom stereocenters. The van der Waals surface area contributed by atoms with Crippen molar-refractivity contribution >= 4 is 25.7 Å². The Bertz CT molecular complexity index is 1210. The van der Waals surface area contributed by atoms with E-state index in [2.05, 4.69) is 79.1 Å². The third-order valence-electron chi connectivity index (χ3n) is 9.24. The van der Waals surface area contributed by atoms with Gasteiger partial charge in [0.15, 0.2) is 6.10 Å². The molecule has 58 heavy (non-hydrogen) atoms. The van der Waals surface area contributed by atoms with Gasteiger partial charge in [0, 0.05) is 12.8 Å². The lowest BCUT2D eigenvalue weighted by molar-refractivity contribution is -0.161. The van der Waals surface area contributed by atoms with Crippen LogP contribution in [0.25, 0.3) is 0 Å².